The molecule has 0 aliphatic rings. The molecule has 0 unspecified atom stereocenters. The van der Waals surface area contributed by atoms with Crippen LogP contribution in [0.15, 0.2) is 24.3 Å². The molecule has 5 heteroatoms. The van der Waals surface area contributed by atoms with Gasteiger partial charge in [-0.2, -0.15) is 0 Å². The molecule has 4 nitrogen and oxygen atoms in total. The van der Waals surface area contributed by atoms with E-state index in [4.69, 9.17) is 9.84 Å². The van der Waals surface area contributed by atoms with Gasteiger partial charge in [-0.25, -0.2) is 9.59 Å². The van der Waals surface area contributed by atoms with E-state index < -0.39 is 11.9 Å². The van der Waals surface area contributed by atoms with Crippen LogP contribution in [0.4, 0.5) is 0 Å². The first-order valence-corrected chi connectivity index (χ1v) is 5.65. The van der Waals surface area contributed by atoms with Crippen LogP contribution >= 0.6 is 0 Å². The van der Waals surface area contributed by atoms with Crippen LogP contribution in [0.2, 0.25) is 0 Å². The van der Waals surface area contributed by atoms with Gasteiger partial charge in [0.15, 0.2) is 0 Å². The van der Waals surface area contributed by atoms with Crippen molar-refractivity contribution in [2.75, 3.05) is 6.61 Å². The van der Waals surface area contributed by atoms with Gasteiger partial charge in [0.2, 0.25) is 0 Å². The fourth-order valence-electron chi connectivity index (χ4n) is 1.35. The number of hydrogen-bond donors (Lipinski definition) is 1. The van der Waals surface area contributed by atoms with Gasteiger partial charge in [-0.15, -0.1) is 0 Å². The summed E-state index contributed by atoms with van der Waals surface area (Å²) in [5.41, 5.74) is 0.541. The van der Waals surface area contributed by atoms with Gasteiger partial charge in [0, 0.05) is 6.15 Å². The topological polar surface area (TPSA) is 63.6 Å². The predicted octanol–water partition coefficient (Wildman–Crippen LogP) is 2.73. The Morgan fingerprint density at radius 1 is 1.11 bits per heavy atom. The van der Waals surface area contributed by atoms with E-state index in [0.29, 0.717) is 12.2 Å². The molecular weight excluding hydrogens is 240 g/mol. The van der Waals surface area contributed by atoms with Crippen molar-refractivity contribution in [2.45, 2.75) is 26.2 Å². The first-order valence-electron chi connectivity index (χ1n) is 5.65. The monoisotopic (exact) mass is 256 g/mol. The van der Waals surface area contributed by atoms with Crippen molar-refractivity contribution in [1.82, 2.24) is 0 Å². The van der Waals surface area contributed by atoms with Gasteiger partial charge in [-0.05, 0) is 30.7 Å². The van der Waals surface area contributed by atoms with E-state index in [9.17, 15) is 9.59 Å². The third-order valence-corrected chi connectivity index (χ3v) is 2.35. The van der Waals surface area contributed by atoms with Gasteiger partial charge >= 0.3 is 11.9 Å². The van der Waals surface area contributed by atoms with Crippen molar-refractivity contribution >= 4 is 11.9 Å². The molecule has 0 spiro atoms. The summed E-state index contributed by atoms with van der Waals surface area (Å²) in [6.07, 6.45) is 2.96. The molecule has 100 valence electrons. The third-order valence-electron chi connectivity index (χ3n) is 2.35. The van der Waals surface area contributed by atoms with Gasteiger partial charge in [-0.3, -0.25) is 0 Å². The van der Waals surface area contributed by atoms with Crippen LogP contribution in [0, 0.1) is 6.15 Å². The minimum absolute atomic E-state index is 0. The number of aromatic carboxylic acids is 1. The summed E-state index contributed by atoms with van der Waals surface area (Å²) in [5, 5.41) is 8.70. The van der Waals surface area contributed by atoms with E-state index >= 15 is 0 Å². The first kappa shape index (κ1) is 16.1. The Balaban J connectivity index is 0.00000289. The number of hydrogen-bond acceptors (Lipinski definition) is 3. The van der Waals surface area contributed by atoms with Gasteiger partial charge in [0.25, 0.3) is 0 Å². The van der Waals surface area contributed by atoms with Crippen molar-refractivity contribution < 1.29 is 25.6 Å². The molecule has 1 aromatic rings. The van der Waals surface area contributed by atoms with Crippen LogP contribution in [0.1, 0.15) is 46.9 Å². The van der Waals surface area contributed by atoms with Crippen molar-refractivity contribution in [2.24, 2.45) is 0 Å². The molecule has 0 saturated carbocycles. The number of benzene rings is 1. The zero-order chi connectivity index (χ0) is 12.7. The Labute approximate surface area is 106 Å². The van der Waals surface area contributed by atoms with Crippen LogP contribution in [0.5, 0.6) is 0 Å². The van der Waals surface area contributed by atoms with Crippen LogP contribution in [0.25, 0.3) is 0 Å². The summed E-state index contributed by atoms with van der Waals surface area (Å²) in [6, 6.07) is 5.72. The molecule has 0 aliphatic carbocycles. The number of carbonyl (C=O) groups excluding carboxylic acids is 1. The van der Waals surface area contributed by atoms with Crippen molar-refractivity contribution in [1.29, 1.82) is 0 Å². The molecule has 0 heterocycles. The largest absolute Gasteiger partial charge is 0.478 e. The Morgan fingerprint density at radius 3 is 2.17 bits per heavy atom. The molecule has 1 aromatic carbocycles. The van der Waals surface area contributed by atoms with E-state index in [-0.39, 0.29) is 11.7 Å². The average Bonchev–Trinajstić information content (AvgIpc) is 2.34. The second kappa shape index (κ2) is 8.20. The smallest absolute Gasteiger partial charge is 0.338 e. The van der Waals surface area contributed by atoms with Crippen LogP contribution < -0.4 is 0 Å². The molecule has 0 radical (unpaired) electrons. The first-order chi connectivity index (χ1) is 8.15. The van der Waals surface area contributed by atoms with E-state index in [1.54, 1.807) is 0 Å². The maximum absolute atomic E-state index is 11.5. The number of carbonyl (C=O) groups is 2. The summed E-state index contributed by atoms with van der Waals surface area (Å²) < 4.78 is 5.04. The molecule has 0 aromatic heterocycles. The second-order valence-corrected chi connectivity index (χ2v) is 3.73. The summed E-state index contributed by atoms with van der Waals surface area (Å²) in [5.74, 6) is -1.41. The Kier molecular flexibility index (Phi) is 7.32. The van der Waals surface area contributed by atoms with E-state index in [1.165, 1.54) is 24.3 Å². The summed E-state index contributed by atoms with van der Waals surface area (Å²) >= 11 is 0. The molecule has 0 bridgehead atoms. The zero-order valence-corrected chi connectivity index (χ0v) is 10.2. The van der Waals surface area contributed by atoms with Crippen molar-refractivity contribution in [3.63, 3.8) is 0 Å². The number of carboxylic acid groups (broad SMARTS) is 1. The summed E-state index contributed by atoms with van der Waals surface area (Å²) in [4.78, 5) is 22.1. The zero-order valence-electron chi connectivity index (χ0n) is 10.2. The second-order valence-electron chi connectivity index (χ2n) is 3.73. The average molecular weight is 256 g/mol. The van der Waals surface area contributed by atoms with Gasteiger partial charge in [0.05, 0.1) is 17.7 Å². The normalized spacial score (nSPS) is 9.39. The van der Waals surface area contributed by atoms with Crippen LogP contribution in [-0.2, 0) is 4.74 Å². The molecule has 0 aliphatic heterocycles. The van der Waals surface area contributed by atoms with E-state index in [2.05, 4.69) is 6.92 Å². The molecular formula is C13H16NeO4. The Bertz CT molecular complexity index is 386. The number of esters is 1. The molecule has 1 N–H and O–H groups in total. The maximum atomic E-state index is 11.5. The van der Waals surface area contributed by atoms with Crippen molar-refractivity contribution in [3.05, 3.63) is 35.4 Å². The molecule has 1 rings (SSSR count). The number of ether oxygens (including phenoxy) is 1. The summed E-state index contributed by atoms with van der Waals surface area (Å²) in [7, 11) is 0. The molecule has 0 saturated heterocycles. The Morgan fingerprint density at radius 2 is 1.67 bits per heavy atom. The molecule has 0 amide bonds. The van der Waals surface area contributed by atoms with Gasteiger partial charge in [0.1, 0.15) is 0 Å². The quantitative estimate of drug-likeness (QED) is 0.628. The Hall–Kier alpha value is -1.93. The minimum atomic E-state index is -1.01. The summed E-state index contributed by atoms with van der Waals surface area (Å²) in [6.45, 7) is 2.49. The number of rotatable bonds is 6. The molecule has 0 fully saturated rings. The van der Waals surface area contributed by atoms with Crippen LogP contribution in [0.3, 0.4) is 0 Å². The maximum Gasteiger partial charge on any atom is 0.338 e. The molecule has 18 heavy (non-hydrogen) atoms. The third kappa shape index (κ3) is 4.93. The van der Waals surface area contributed by atoms with Crippen LogP contribution in [-0.4, -0.2) is 23.7 Å². The molecule has 0 atom stereocenters. The number of unbranched alkanes of at least 4 members (excludes halogenated alkanes) is 2. The van der Waals surface area contributed by atoms with Crippen molar-refractivity contribution in [3.8, 4) is 0 Å². The fourth-order valence-corrected chi connectivity index (χ4v) is 1.35. The predicted molar refractivity (Wildman–Crippen MR) is 63.2 cm³/mol. The standard InChI is InChI=1S/C13H16O4.Ne/c1-2-3-4-9-17-13(16)11-7-5-10(6-8-11)12(14)15;/h5-8H,2-4,9H2,1H3,(H,14,15);. The fraction of sp³-hybridized carbons (Fsp3) is 0.385. The number of carboxylic acids is 1. The minimum Gasteiger partial charge on any atom is -0.478 e. The van der Waals surface area contributed by atoms with E-state index in [0.717, 1.165) is 19.3 Å². The van der Waals surface area contributed by atoms with E-state index in [1.807, 2.05) is 0 Å². The van der Waals surface area contributed by atoms with Gasteiger partial charge < -0.3 is 9.84 Å². The van der Waals surface area contributed by atoms with Gasteiger partial charge in [-0.1, -0.05) is 19.8 Å². The SMILES string of the molecule is CCCCCOC(=O)c1ccc(C(=O)O)cc1.[Ne].